The lowest BCUT2D eigenvalue weighted by Gasteiger charge is -2.34. The molecule has 7 heteroatoms. The highest BCUT2D eigenvalue weighted by molar-refractivity contribution is 7.89. The van der Waals surface area contributed by atoms with Gasteiger partial charge in [-0.25, -0.2) is 8.42 Å². The molecule has 2 fully saturated rings. The Bertz CT molecular complexity index is 1080. The fraction of sp³-hybridized carbons (Fsp3) is 0.519. The summed E-state index contributed by atoms with van der Waals surface area (Å²) < 4.78 is 27.4. The SMILES string of the molecule is Cc1ccc(S(=O)(=O)N2CCC(C(=O)NCc3ccccc3CN3CCCCC3C)CC2)cc1. The summed E-state index contributed by atoms with van der Waals surface area (Å²) in [6, 6.07) is 15.9. The van der Waals surface area contributed by atoms with Crippen LogP contribution in [0.25, 0.3) is 0 Å². The van der Waals surface area contributed by atoms with Crippen molar-refractivity contribution in [2.45, 2.75) is 70.0 Å². The summed E-state index contributed by atoms with van der Waals surface area (Å²) in [5.41, 5.74) is 3.46. The average molecular weight is 484 g/mol. The molecule has 1 unspecified atom stereocenters. The zero-order valence-corrected chi connectivity index (χ0v) is 21.2. The molecule has 1 N–H and O–H groups in total. The van der Waals surface area contributed by atoms with Gasteiger partial charge in [0.05, 0.1) is 4.90 Å². The molecule has 2 aliphatic heterocycles. The minimum Gasteiger partial charge on any atom is -0.352 e. The molecule has 2 heterocycles. The van der Waals surface area contributed by atoms with E-state index in [1.165, 1.54) is 29.1 Å². The number of amides is 1. The highest BCUT2D eigenvalue weighted by atomic mass is 32.2. The molecule has 0 radical (unpaired) electrons. The Morgan fingerprint density at radius 1 is 0.941 bits per heavy atom. The zero-order chi connectivity index (χ0) is 24.1. The summed E-state index contributed by atoms with van der Waals surface area (Å²) in [6.45, 7) is 7.55. The van der Waals surface area contributed by atoms with Gasteiger partial charge in [-0.15, -0.1) is 0 Å². The van der Waals surface area contributed by atoms with Gasteiger partial charge in [0.25, 0.3) is 0 Å². The van der Waals surface area contributed by atoms with Gasteiger partial charge in [0, 0.05) is 38.1 Å². The van der Waals surface area contributed by atoms with Crippen LogP contribution in [0.4, 0.5) is 0 Å². The van der Waals surface area contributed by atoms with Gasteiger partial charge in [0.15, 0.2) is 0 Å². The number of sulfonamides is 1. The number of carbonyl (C=O) groups is 1. The summed E-state index contributed by atoms with van der Waals surface area (Å²) in [7, 11) is -3.51. The Morgan fingerprint density at radius 2 is 1.62 bits per heavy atom. The average Bonchev–Trinajstić information content (AvgIpc) is 2.85. The van der Waals surface area contributed by atoms with Crippen LogP contribution in [0.1, 0.15) is 55.7 Å². The van der Waals surface area contributed by atoms with E-state index in [9.17, 15) is 13.2 Å². The number of likely N-dealkylation sites (tertiary alicyclic amines) is 1. The second kappa shape index (κ2) is 11.0. The van der Waals surface area contributed by atoms with Crippen LogP contribution >= 0.6 is 0 Å². The van der Waals surface area contributed by atoms with Gasteiger partial charge in [0.1, 0.15) is 0 Å². The summed E-state index contributed by atoms with van der Waals surface area (Å²) in [4.78, 5) is 15.8. The van der Waals surface area contributed by atoms with Gasteiger partial charge in [-0.1, -0.05) is 48.4 Å². The van der Waals surface area contributed by atoms with Gasteiger partial charge < -0.3 is 5.32 Å². The summed E-state index contributed by atoms with van der Waals surface area (Å²) in [6.07, 6.45) is 4.90. The molecule has 1 atom stereocenters. The minimum absolute atomic E-state index is 0.0218. The number of nitrogens with zero attached hydrogens (tertiary/aromatic N) is 2. The third-order valence-electron chi connectivity index (χ3n) is 7.37. The maximum Gasteiger partial charge on any atom is 0.243 e. The summed E-state index contributed by atoms with van der Waals surface area (Å²) >= 11 is 0. The Balaban J connectivity index is 1.31. The van der Waals surface area contributed by atoms with Crippen LogP contribution in [0, 0.1) is 12.8 Å². The van der Waals surface area contributed by atoms with E-state index in [2.05, 4.69) is 35.3 Å². The fourth-order valence-corrected chi connectivity index (χ4v) is 6.51. The summed E-state index contributed by atoms with van der Waals surface area (Å²) in [5, 5.41) is 3.12. The molecule has 184 valence electrons. The van der Waals surface area contributed by atoms with E-state index in [-0.39, 0.29) is 11.8 Å². The molecule has 6 nitrogen and oxygen atoms in total. The zero-order valence-electron chi connectivity index (χ0n) is 20.4. The number of piperidine rings is 2. The maximum absolute atomic E-state index is 12.9. The molecule has 0 spiro atoms. The first kappa shape index (κ1) is 24.9. The summed E-state index contributed by atoms with van der Waals surface area (Å²) in [5.74, 6) is -0.132. The second-order valence-corrected chi connectivity index (χ2v) is 11.7. The predicted octanol–water partition coefficient (Wildman–Crippen LogP) is 4.09. The number of hydrogen-bond donors (Lipinski definition) is 1. The number of carbonyl (C=O) groups excluding carboxylic acids is 1. The van der Waals surface area contributed by atoms with Gasteiger partial charge in [0.2, 0.25) is 15.9 Å². The molecular weight excluding hydrogens is 446 g/mol. The lowest BCUT2D eigenvalue weighted by atomic mass is 9.97. The Morgan fingerprint density at radius 3 is 2.29 bits per heavy atom. The van der Waals surface area contributed by atoms with Crippen molar-refractivity contribution in [2.75, 3.05) is 19.6 Å². The van der Waals surface area contributed by atoms with Crippen molar-refractivity contribution in [1.82, 2.24) is 14.5 Å². The van der Waals surface area contributed by atoms with E-state index in [0.29, 0.717) is 43.4 Å². The van der Waals surface area contributed by atoms with E-state index in [1.54, 1.807) is 12.1 Å². The first-order chi connectivity index (χ1) is 16.3. The van der Waals surface area contributed by atoms with Crippen LogP contribution in [0.5, 0.6) is 0 Å². The molecule has 2 aliphatic rings. The Labute approximate surface area is 204 Å². The third kappa shape index (κ3) is 5.88. The highest BCUT2D eigenvalue weighted by Gasteiger charge is 2.32. The first-order valence-corrected chi connectivity index (χ1v) is 13.9. The van der Waals surface area contributed by atoms with Crippen molar-refractivity contribution in [3.05, 3.63) is 65.2 Å². The number of benzene rings is 2. The largest absolute Gasteiger partial charge is 0.352 e. The quantitative estimate of drug-likeness (QED) is 0.644. The standard InChI is InChI=1S/C27H37N3O3S/c1-21-10-12-26(13-11-21)34(32,33)30-17-14-23(15-18-30)27(31)28-19-24-8-3-4-9-25(24)20-29-16-6-5-7-22(29)2/h3-4,8-13,22-23H,5-7,14-20H2,1-2H3,(H,28,31). The normalized spacial score (nSPS) is 20.8. The molecule has 0 aromatic heterocycles. The van der Waals surface area contributed by atoms with Crippen LogP contribution in [0.15, 0.2) is 53.4 Å². The smallest absolute Gasteiger partial charge is 0.243 e. The van der Waals surface area contributed by atoms with Crippen LogP contribution in [-0.2, 0) is 27.9 Å². The Hall–Kier alpha value is -2.22. The molecule has 4 rings (SSSR count). The third-order valence-corrected chi connectivity index (χ3v) is 9.28. The van der Waals surface area contributed by atoms with Crippen LogP contribution < -0.4 is 5.32 Å². The predicted molar refractivity (Wildman–Crippen MR) is 135 cm³/mol. The number of aryl methyl sites for hydroxylation is 1. The molecule has 34 heavy (non-hydrogen) atoms. The second-order valence-electron chi connectivity index (χ2n) is 9.79. The first-order valence-electron chi connectivity index (χ1n) is 12.5. The molecule has 0 bridgehead atoms. The van der Waals surface area contributed by atoms with Gasteiger partial charge in [-0.05, 0) is 69.3 Å². The van der Waals surface area contributed by atoms with E-state index < -0.39 is 10.0 Å². The molecule has 0 saturated carbocycles. The van der Waals surface area contributed by atoms with E-state index >= 15 is 0 Å². The van der Waals surface area contributed by atoms with Crippen molar-refractivity contribution >= 4 is 15.9 Å². The number of nitrogens with one attached hydrogen (secondary N) is 1. The molecule has 2 saturated heterocycles. The molecule has 0 aliphatic carbocycles. The number of hydrogen-bond acceptors (Lipinski definition) is 4. The topological polar surface area (TPSA) is 69.7 Å². The fourth-order valence-electron chi connectivity index (χ4n) is 5.04. The van der Waals surface area contributed by atoms with Crippen LogP contribution in [-0.4, -0.2) is 49.2 Å². The minimum atomic E-state index is -3.51. The highest BCUT2D eigenvalue weighted by Crippen LogP contribution is 2.25. The van der Waals surface area contributed by atoms with Crippen molar-refractivity contribution in [3.63, 3.8) is 0 Å². The van der Waals surface area contributed by atoms with Crippen LogP contribution in [0.2, 0.25) is 0 Å². The lowest BCUT2D eigenvalue weighted by molar-refractivity contribution is -0.126. The Kier molecular flexibility index (Phi) is 8.06. The van der Waals surface area contributed by atoms with Crippen molar-refractivity contribution < 1.29 is 13.2 Å². The van der Waals surface area contributed by atoms with Crippen molar-refractivity contribution in [3.8, 4) is 0 Å². The molecular formula is C27H37N3O3S. The molecule has 2 aromatic carbocycles. The molecule has 2 aromatic rings. The van der Waals surface area contributed by atoms with Crippen molar-refractivity contribution in [1.29, 1.82) is 0 Å². The van der Waals surface area contributed by atoms with E-state index in [1.807, 2.05) is 25.1 Å². The van der Waals surface area contributed by atoms with Gasteiger partial charge in [-0.3, -0.25) is 9.69 Å². The molecule has 1 amide bonds. The monoisotopic (exact) mass is 483 g/mol. The van der Waals surface area contributed by atoms with Gasteiger partial charge >= 0.3 is 0 Å². The van der Waals surface area contributed by atoms with Crippen LogP contribution in [0.3, 0.4) is 0 Å². The van der Waals surface area contributed by atoms with E-state index in [4.69, 9.17) is 0 Å². The van der Waals surface area contributed by atoms with Crippen molar-refractivity contribution in [2.24, 2.45) is 5.92 Å². The lowest BCUT2D eigenvalue weighted by Crippen LogP contribution is -2.43. The number of rotatable bonds is 7. The van der Waals surface area contributed by atoms with E-state index in [0.717, 1.165) is 24.2 Å². The maximum atomic E-state index is 12.9. The van der Waals surface area contributed by atoms with Gasteiger partial charge in [-0.2, -0.15) is 4.31 Å².